The zero-order chi connectivity index (χ0) is 16.3. The van der Waals surface area contributed by atoms with Crippen LogP contribution in [0.2, 0.25) is 5.02 Å². The third kappa shape index (κ3) is 3.58. The van der Waals surface area contributed by atoms with Crippen molar-refractivity contribution in [2.45, 2.75) is 11.8 Å². The van der Waals surface area contributed by atoms with Crippen LogP contribution in [0.25, 0.3) is 0 Å². The van der Waals surface area contributed by atoms with Crippen molar-refractivity contribution in [2.24, 2.45) is 0 Å². The van der Waals surface area contributed by atoms with E-state index in [1.807, 2.05) is 0 Å². The van der Waals surface area contributed by atoms with Crippen LogP contribution in [0.15, 0.2) is 47.4 Å². The van der Waals surface area contributed by atoms with Gasteiger partial charge in [0.2, 0.25) is 0 Å². The van der Waals surface area contributed by atoms with Crippen LogP contribution in [-0.2, 0) is 14.8 Å². The number of hydrogen-bond donors (Lipinski definition) is 1. The fraction of sp³-hybridized carbons (Fsp3) is 0.133. The summed E-state index contributed by atoms with van der Waals surface area (Å²) in [5, 5.41) is 0.456. The maximum absolute atomic E-state index is 12.3. The van der Waals surface area contributed by atoms with Crippen molar-refractivity contribution in [3.05, 3.63) is 58.6 Å². The van der Waals surface area contributed by atoms with Gasteiger partial charge in [-0.2, -0.15) is 0 Å². The molecule has 0 amide bonds. The molecule has 0 aliphatic rings. The molecule has 2 aromatic rings. The first-order valence-electron chi connectivity index (χ1n) is 6.31. The van der Waals surface area contributed by atoms with E-state index in [0.29, 0.717) is 21.8 Å². The number of methoxy groups -OCH3 is 1. The minimum Gasteiger partial charge on any atom is -0.465 e. The van der Waals surface area contributed by atoms with Crippen molar-refractivity contribution >= 4 is 33.3 Å². The van der Waals surface area contributed by atoms with Gasteiger partial charge >= 0.3 is 5.97 Å². The molecule has 0 bridgehead atoms. The summed E-state index contributed by atoms with van der Waals surface area (Å²) in [6.07, 6.45) is 0. The first-order chi connectivity index (χ1) is 10.3. The van der Waals surface area contributed by atoms with Crippen LogP contribution in [0.5, 0.6) is 0 Å². The summed E-state index contributed by atoms with van der Waals surface area (Å²) >= 11 is 5.75. The quantitative estimate of drug-likeness (QED) is 0.868. The minimum absolute atomic E-state index is 0.105. The Bertz CT molecular complexity index is 801. The van der Waals surface area contributed by atoms with E-state index < -0.39 is 16.0 Å². The van der Waals surface area contributed by atoms with Crippen molar-refractivity contribution in [1.29, 1.82) is 0 Å². The molecule has 0 spiro atoms. The van der Waals surface area contributed by atoms with Crippen molar-refractivity contribution in [2.75, 3.05) is 11.8 Å². The van der Waals surface area contributed by atoms with E-state index in [2.05, 4.69) is 9.46 Å². The molecule has 0 saturated heterocycles. The zero-order valence-corrected chi connectivity index (χ0v) is 13.5. The molecule has 5 nitrogen and oxygen atoms in total. The Hall–Kier alpha value is -2.05. The average Bonchev–Trinajstić information content (AvgIpc) is 2.48. The molecule has 116 valence electrons. The number of hydrogen-bond acceptors (Lipinski definition) is 4. The number of sulfonamides is 1. The monoisotopic (exact) mass is 339 g/mol. The van der Waals surface area contributed by atoms with Crippen molar-refractivity contribution < 1.29 is 17.9 Å². The van der Waals surface area contributed by atoms with E-state index >= 15 is 0 Å². The normalized spacial score (nSPS) is 11.0. The molecular weight excluding hydrogens is 326 g/mol. The predicted octanol–water partition coefficient (Wildman–Crippen LogP) is 3.24. The number of esters is 1. The van der Waals surface area contributed by atoms with Gasteiger partial charge in [-0.1, -0.05) is 11.6 Å². The summed E-state index contributed by atoms with van der Waals surface area (Å²) in [5.41, 5.74) is 1.36. The number of aryl methyl sites for hydroxylation is 1. The van der Waals surface area contributed by atoms with Crippen LogP contribution in [0.1, 0.15) is 15.9 Å². The largest absolute Gasteiger partial charge is 0.465 e. The second-order valence-electron chi connectivity index (χ2n) is 4.58. The molecule has 2 rings (SSSR count). The third-order valence-electron chi connectivity index (χ3n) is 3.02. The van der Waals surface area contributed by atoms with E-state index in [9.17, 15) is 13.2 Å². The highest BCUT2D eigenvalue weighted by atomic mass is 35.5. The fourth-order valence-electron chi connectivity index (χ4n) is 1.84. The van der Waals surface area contributed by atoms with Crippen LogP contribution in [0.4, 0.5) is 5.69 Å². The second-order valence-corrected chi connectivity index (χ2v) is 6.70. The Labute approximate surface area is 133 Å². The Morgan fingerprint density at radius 3 is 2.32 bits per heavy atom. The lowest BCUT2D eigenvalue weighted by Crippen LogP contribution is -2.14. The van der Waals surface area contributed by atoms with Gasteiger partial charge in [0.1, 0.15) is 0 Å². The van der Waals surface area contributed by atoms with Gasteiger partial charge in [-0.3, -0.25) is 4.72 Å². The SMILES string of the molecule is COC(=O)c1ccc(NS(=O)(=O)c2ccc(Cl)cc2)c(C)c1. The average molecular weight is 340 g/mol. The highest BCUT2D eigenvalue weighted by Gasteiger charge is 2.16. The molecule has 0 fully saturated rings. The summed E-state index contributed by atoms with van der Waals surface area (Å²) in [7, 11) is -2.43. The van der Waals surface area contributed by atoms with Crippen LogP contribution in [0.3, 0.4) is 0 Å². The van der Waals surface area contributed by atoms with Crippen LogP contribution < -0.4 is 4.72 Å². The highest BCUT2D eigenvalue weighted by molar-refractivity contribution is 7.92. The van der Waals surface area contributed by atoms with Crippen molar-refractivity contribution in [3.63, 3.8) is 0 Å². The van der Waals surface area contributed by atoms with E-state index in [-0.39, 0.29) is 4.90 Å². The maximum atomic E-state index is 12.3. The van der Waals surface area contributed by atoms with Gasteiger partial charge in [-0.05, 0) is 55.0 Å². The van der Waals surface area contributed by atoms with Crippen molar-refractivity contribution in [1.82, 2.24) is 0 Å². The summed E-state index contributed by atoms with van der Waals surface area (Å²) in [4.78, 5) is 11.5. The van der Waals surface area contributed by atoms with Gasteiger partial charge in [-0.25, -0.2) is 13.2 Å². The Morgan fingerprint density at radius 1 is 1.14 bits per heavy atom. The predicted molar refractivity (Wildman–Crippen MR) is 84.8 cm³/mol. The molecule has 0 heterocycles. The first-order valence-corrected chi connectivity index (χ1v) is 8.17. The van der Waals surface area contributed by atoms with E-state index in [4.69, 9.17) is 11.6 Å². The number of anilines is 1. The molecule has 0 unspecified atom stereocenters. The molecule has 0 aliphatic heterocycles. The molecule has 22 heavy (non-hydrogen) atoms. The number of carbonyl (C=O) groups is 1. The van der Waals surface area contributed by atoms with Gasteiger partial charge in [0.25, 0.3) is 10.0 Å². The lowest BCUT2D eigenvalue weighted by atomic mass is 10.1. The summed E-state index contributed by atoms with van der Waals surface area (Å²) in [6, 6.07) is 10.4. The van der Waals surface area contributed by atoms with E-state index in [0.717, 1.165) is 0 Å². The lowest BCUT2D eigenvalue weighted by Gasteiger charge is -2.11. The van der Waals surface area contributed by atoms with Gasteiger partial charge < -0.3 is 4.74 Å². The Kier molecular flexibility index (Phi) is 4.73. The number of nitrogens with one attached hydrogen (secondary N) is 1. The minimum atomic E-state index is -3.72. The summed E-state index contributed by atoms with van der Waals surface area (Å²) in [6.45, 7) is 1.70. The molecule has 0 radical (unpaired) electrons. The molecular formula is C15H14ClNO4S. The van der Waals surface area contributed by atoms with E-state index in [1.54, 1.807) is 13.0 Å². The molecule has 0 aliphatic carbocycles. The van der Waals surface area contributed by atoms with E-state index in [1.165, 1.54) is 43.5 Å². The molecule has 0 atom stereocenters. The molecule has 1 N–H and O–H groups in total. The standard InChI is InChI=1S/C15H14ClNO4S/c1-10-9-11(15(18)21-2)3-8-14(10)17-22(19,20)13-6-4-12(16)5-7-13/h3-9,17H,1-2H3. The van der Waals surface area contributed by atoms with Gasteiger partial charge in [-0.15, -0.1) is 0 Å². The number of rotatable bonds is 4. The molecule has 7 heteroatoms. The van der Waals surface area contributed by atoms with Crippen LogP contribution >= 0.6 is 11.6 Å². The Balaban J connectivity index is 2.30. The molecule has 2 aromatic carbocycles. The topological polar surface area (TPSA) is 72.5 Å². The van der Waals surface area contributed by atoms with Gasteiger partial charge in [0.05, 0.1) is 23.3 Å². The fourth-order valence-corrected chi connectivity index (χ4v) is 3.10. The maximum Gasteiger partial charge on any atom is 0.337 e. The van der Waals surface area contributed by atoms with Crippen LogP contribution in [-0.4, -0.2) is 21.5 Å². The highest BCUT2D eigenvalue weighted by Crippen LogP contribution is 2.22. The zero-order valence-electron chi connectivity index (χ0n) is 12.0. The smallest absolute Gasteiger partial charge is 0.337 e. The third-order valence-corrected chi connectivity index (χ3v) is 4.65. The molecule has 0 saturated carbocycles. The lowest BCUT2D eigenvalue weighted by molar-refractivity contribution is 0.0600. The second kappa shape index (κ2) is 6.37. The number of carbonyl (C=O) groups excluding carboxylic acids is 1. The summed E-state index contributed by atoms with van der Waals surface area (Å²) in [5.74, 6) is -0.477. The number of halogens is 1. The van der Waals surface area contributed by atoms with Crippen molar-refractivity contribution in [3.8, 4) is 0 Å². The summed E-state index contributed by atoms with van der Waals surface area (Å²) < 4.78 is 31.7. The molecule has 0 aromatic heterocycles. The van der Waals surface area contributed by atoms with Gasteiger partial charge in [0, 0.05) is 5.02 Å². The van der Waals surface area contributed by atoms with Crippen LogP contribution in [0, 0.1) is 6.92 Å². The Morgan fingerprint density at radius 2 is 1.77 bits per heavy atom. The number of benzene rings is 2. The first kappa shape index (κ1) is 16.3. The van der Waals surface area contributed by atoms with Gasteiger partial charge in [0.15, 0.2) is 0 Å². The number of ether oxygens (including phenoxy) is 1.